The quantitative estimate of drug-likeness (QED) is 0.935. The van der Waals surface area contributed by atoms with Crippen molar-refractivity contribution in [1.82, 2.24) is 0 Å². The van der Waals surface area contributed by atoms with Crippen LogP contribution in [0.2, 0.25) is 5.02 Å². The number of ether oxygens (including phenoxy) is 2. The molecule has 0 aliphatic carbocycles. The van der Waals surface area contributed by atoms with Crippen LogP contribution in [0, 0.1) is 0 Å². The summed E-state index contributed by atoms with van der Waals surface area (Å²) in [7, 11) is 0. The summed E-state index contributed by atoms with van der Waals surface area (Å²) in [4.78, 5) is 0. The Balaban J connectivity index is 1.68. The summed E-state index contributed by atoms with van der Waals surface area (Å²) in [6.45, 7) is 1.19. The van der Waals surface area contributed by atoms with Crippen molar-refractivity contribution in [2.24, 2.45) is 5.73 Å². The van der Waals surface area contributed by atoms with Crippen molar-refractivity contribution in [1.29, 1.82) is 0 Å². The lowest BCUT2D eigenvalue weighted by Gasteiger charge is -2.20. The van der Waals surface area contributed by atoms with Gasteiger partial charge in [0.1, 0.15) is 13.2 Å². The minimum absolute atomic E-state index is 0.0444. The largest absolute Gasteiger partial charge is 0.486 e. The van der Waals surface area contributed by atoms with Crippen LogP contribution in [-0.2, 0) is 6.42 Å². The third-order valence-electron chi connectivity index (χ3n) is 3.68. The van der Waals surface area contributed by atoms with E-state index in [9.17, 15) is 0 Å². The first-order valence-corrected chi connectivity index (χ1v) is 7.50. The fraction of sp³-hybridized carbons (Fsp3) is 0.294. The van der Waals surface area contributed by atoms with Gasteiger partial charge in [-0.15, -0.1) is 0 Å². The molecule has 21 heavy (non-hydrogen) atoms. The van der Waals surface area contributed by atoms with Gasteiger partial charge in [-0.25, -0.2) is 0 Å². The Bertz CT molecular complexity index is 630. The van der Waals surface area contributed by atoms with Gasteiger partial charge >= 0.3 is 0 Å². The molecule has 3 rings (SSSR count). The van der Waals surface area contributed by atoms with Crippen molar-refractivity contribution >= 4 is 11.6 Å². The molecule has 110 valence electrons. The maximum Gasteiger partial charge on any atom is 0.161 e. The third-order valence-corrected chi connectivity index (χ3v) is 4.05. The van der Waals surface area contributed by atoms with Crippen LogP contribution in [0.1, 0.15) is 23.6 Å². The van der Waals surface area contributed by atoms with Gasteiger partial charge < -0.3 is 15.2 Å². The Labute approximate surface area is 129 Å². The fourth-order valence-corrected chi connectivity index (χ4v) is 2.70. The highest BCUT2D eigenvalue weighted by Crippen LogP contribution is 2.33. The Morgan fingerprint density at radius 1 is 1.05 bits per heavy atom. The maximum atomic E-state index is 6.29. The van der Waals surface area contributed by atoms with Gasteiger partial charge in [0.15, 0.2) is 11.5 Å². The molecule has 2 aromatic rings. The lowest BCUT2D eigenvalue weighted by atomic mass is 9.99. The maximum absolute atomic E-state index is 6.29. The van der Waals surface area contributed by atoms with Crippen LogP contribution in [0.4, 0.5) is 0 Å². The van der Waals surface area contributed by atoms with Crippen LogP contribution in [0.5, 0.6) is 11.5 Å². The predicted octanol–water partition coefficient (Wildman–Crippen LogP) is 3.74. The summed E-state index contributed by atoms with van der Waals surface area (Å²) in [5.74, 6) is 1.58. The predicted molar refractivity (Wildman–Crippen MR) is 84.1 cm³/mol. The van der Waals surface area contributed by atoms with E-state index in [0.29, 0.717) is 13.2 Å². The molecule has 0 saturated heterocycles. The molecular weight excluding hydrogens is 286 g/mol. The summed E-state index contributed by atoms with van der Waals surface area (Å²) >= 11 is 6.17. The standard InChI is InChI=1S/C17H18ClNO2/c18-14-4-2-1-3-12(14)5-7-15(19)13-6-8-16-17(11-13)21-10-9-20-16/h1-4,6,8,11,15H,5,7,9-10,19H2. The monoisotopic (exact) mass is 303 g/mol. The second kappa shape index (κ2) is 6.37. The van der Waals surface area contributed by atoms with E-state index < -0.39 is 0 Å². The zero-order valence-corrected chi connectivity index (χ0v) is 12.5. The topological polar surface area (TPSA) is 44.5 Å². The molecule has 1 aliphatic rings. The SMILES string of the molecule is NC(CCc1ccccc1Cl)c1ccc2c(c1)OCCO2. The van der Waals surface area contributed by atoms with Crippen molar-refractivity contribution < 1.29 is 9.47 Å². The van der Waals surface area contributed by atoms with Crippen molar-refractivity contribution in [3.63, 3.8) is 0 Å². The second-order valence-corrected chi connectivity index (χ2v) is 5.55. The zero-order valence-electron chi connectivity index (χ0n) is 11.7. The van der Waals surface area contributed by atoms with Crippen LogP contribution in [0.3, 0.4) is 0 Å². The van der Waals surface area contributed by atoms with Gasteiger partial charge in [0, 0.05) is 11.1 Å². The summed E-state index contributed by atoms with van der Waals surface area (Å²) < 4.78 is 11.1. The van der Waals surface area contributed by atoms with Gasteiger partial charge in [-0.2, -0.15) is 0 Å². The van der Waals surface area contributed by atoms with Gasteiger partial charge in [0.25, 0.3) is 0 Å². The number of fused-ring (bicyclic) bond motifs is 1. The van der Waals surface area contributed by atoms with Gasteiger partial charge in [0.05, 0.1) is 0 Å². The van der Waals surface area contributed by atoms with Crippen LogP contribution >= 0.6 is 11.6 Å². The average molecular weight is 304 g/mol. The first-order valence-electron chi connectivity index (χ1n) is 7.12. The van der Waals surface area contributed by atoms with Crippen molar-refractivity contribution in [2.75, 3.05) is 13.2 Å². The highest BCUT2D eigenvalue weighted by molar-refractivity contribution is 6.31. The molecule has 1 unspecified atom stereocenters. The molecule has 4 heteroatoms. The van der Waals surface area contributed by atoms with Crippen molar-refractivity contribution in [3.8, 4) is 11.5 Å². The van der Waals surface area contributed by atoms with E-state index in [1.54, 1.807) is 0 Å². The van der Waals surface area contributed by atoms with Crippen LogP contribution in [-0.4, -0.2) is 13.2 Å². The van der Waals surface area contributed by atoms with Gasteiger partial charge in [-0.05, 0) is 42.2 Å². The van der Waals surface area contributed by atoms with Crippen molar-refractivity contribution in [2.45, 2.75) is 18.9 Å². The lowest BCUT2D eigenvalue weighted by Crippen LogP contribution is -2.17. The van der Waals surface area contributed by atoms with Gasteiger partial charge in [-0.3, -0.25) is 0 Å². The van der Waals surface area contributed by atoms with E-state index in [4.69, 9.17) is 26.8 Å². The van der Waals surface area contributed by atoms with Gasteiger partial charge in [0.2, 0.25) is 0 Å². The first kappa shape index (κ1) is 14.2. The Morgan fingerprint density at radius 3 is 2.62 bits per heavy atom. The molecule has 3 nitrogen and oxygen atoms in total. The van der Waals surface area contributed by atoms with Gasteiger partial charge in [-0.1, -0.05) is 35.9 Å². The molecule has 0 spiro atoms. The average Bonchev–Trinajstić information content (AvgIpc) is 2.53. The molecule has 0 radical (unpaired) electrons. The molecule has 0 saturated carbocycles. The normalized spacial score (nSPS) is 14.8. The summed E-state index contributed by atoms with van der Waals surface area (Å²) in [6.07, 6.45) is 1.69. The van der Waals surface area contributed by atoms with E-state index in [1.807, 2.05) is 42.5 Å². The molecule has 1 aliphatic heterocycles. The number of rotatable bonds is 4. The molecule has 0 bridgehead atoms. The number of hydrogen-bond acceptors (Lipinski definition) is 3. The smallest absolute Gasteiger partial charge is 0.161 e. The third kappa shape index (κ3) is 3.31. The lowest BCUT2D eigenvalue weighted by molar-refractivity contribution is 0.171. The minimum atomic E-state index is -0.0444. The number of hydrogen-bond donors (Lipinski definition) is 1. The number of benzene rings is 2. The molecule has 2 N–H and O–H groups in total. The summed E-state index contributed by atoms with van der Waals surface area (Å²) in [5.41, 5.74) is 8.48. The number of nitrogens with two attached hydrogens (primary N) is 1. The fourth-order valence-electron chi connectivity index (χ4n) is 2.47. The van der Waals surface area contributed by atoms with Crippen LogP contribution in [0.25, 0.3) is 0 Å². The van der Waals surface area contributed by atoms with Crippen LogP contribution < -0.4 is 15.2 Å². The molecule has 2 aromatic carbocycles. The molecule has 0 fully saturated rings. The summed E-state index contributed by atoms with van der Waals surface area (Å²) in [5, 5.41) is 0.798. The Hall–Kier alpha value is -1.71. The van der Waals surface area contributed by atoms with E-state index in [-0.39, 0.29) is 6.04 Å². The number of aryl methyl sites for hydroxylation is 1. The molecule has 0 aromatic heterocycles. The van der Waals surface area contributed by atoms with E-state index in [2.05, 4.69) is 0 Å². The van der Waals surface area contributed by atoms with E-state index in [1.165, 1.54) is 0 Å². The highest BCUT2D eigenvalue weighted by Gasteiger charge is 2.15. The highest BCUT2D eigenvalue weighted by atomic mass is 35.5. The molecule has 1 heterocycles. The minimum Gasteiger partial charge on any atom is -0.486 e. The zero-order chi connectivity index (χ0) is 14.7. The molecule has 1 atom stereocenters. The summed E-state index contributed by atoms with van der Waals surface area (Å²) in [6, 6.07) is 13.8. The molecule has 0 amide bonds. The van der Waals surface area contributed by atoms with E-state index >= 15 is 0 Å². The number of halogens is 1. The molecular formula is C17H18ClNO2. The first-order chi connectivity index (χ1) is 10.2. The second-order valence-electron chi connectivity index (χ2n) is 5.14. The van der Waals surface area contributed by atoms with E-state index in [0.717, 1.165) is 40.5 Å². The van der Waals surface area contributed by atoms with Crippen molar-refractivity contribution in [3.05, 3.63) is 58.6 Å². The van der Waals surface area contributed by atoms with Crippen LogP contribution in [0.15, 0.2) is 42.5 Å². The Morgan fingerprint density at radius 2 is 1.81 bits per heavy atom. The Kier molecular flexibility index (Phi) is 4.32.